The first kappa shape index (κ1) is 13.7. The number of nitrogens with zero attached hydrogens (tertiary/aromatic N) is 1. The molecule has 108 valence electrons. The lowest BCUT2D eigenvalue weighted by Gasteiger charge is -2.07. The van der Waals surface area contributed by atoms with Gasteiger partial charge in [0.25, 0.3) is 10.0 Å². The van der Waals surface area contributed by atoms with Crippen LogP contribution in [0.1, 0.15) is 0 Å². The molecule has 0 saturated carbocycles. The highest BCUT2D eigenvalue weighted by Crippen LogP contribution is 2.26. The number of aromatic nitrogens is 2. The van der Waals surface area contributed by atoms with Crippen LogP contribution in [0.25, 0.3) is 10.9 Å². The number of anilines is 2. The topological polar surface area (TPSA) is 101 Å². The van der Waals surface area contributed by atoms with Crippen molar-refractivity contribution in [1.82, 2.24) is 9.97 Å². The van der Waals surface area contributed by atoms with Crippen LogP contribution in [-0.2, 0) is 10.0 Å². The Hall–Kier alpha value is -2.25. The van der Waals surface area contributed by atoms with Crippen LogP contribution in [-0.4, -0.2) is 18.4 Å². The second-order valence-electron chi connectivity index (χ2n) is 4.43. The molecule has 0 unspecified atom stereocenters. The Bertz CT molecular complexity index is 904. The number of rotatable bonds is 3. The maximum Gasteiger partial charge on any atom is 0.264 e. The fourth-order valence-electron chi connectivity index (χ4n) is 1.98. The van der Waals surface area contributed by atoms with Crippen LogP contribution in [0.3, 0.4) is 0 Å². The number of nitrogens with one attached hydrogen (secondary N) is 2. The number of nitrogen functional groups attached to an aromatic ring is 1. The SMILES string of the molecule is Nc1ccc2[nH]cc(S(=O)(=O)Nc3ccc(Cl)nc3)c2c1. The van der Waals surface area contributed by atoms with Crippen molar-refractivity contribution in [3.8, 4) is 0 Å². The van der Waals surface area contributed by atoms with Gasteiger partial charge in [0.05, 0.1) is 11.9 Å². The van der Waals surface area contributed by atoms with Crippen LogP contribution in [0.4, 0.5) is 11.4 Å². The van der Waals surface area contributed by atoms with E-state index in [1.54, 1.807) is 18.2 Å². The summed E-state index contributed by atoms with van der Waals surface area (Å²) in [5.74, 6) is 0. The molecule has 0 fully saturated rings. The minimum absolute atomic E-state index is 0.125. The van der Waals surface area contributed by atoms with E-state index in [9.17, 15) is 8.42 Å². The Balaban J connectivity index is 2.04. The molecule has 3 rings (SSSR count). The largest absolute Gasteiger partial charge is 0.399 e. The summed E-state index contributed by atoms with van der Waals surface area (Å²) in [6.07, 6.45) is 2.78. The number of hydrogen-bond donors (Lipinski definition) is 3. The number of nitrogens with two attached hydrogens (primary N) is 1. The van der Waals surface area contributed by atoms with Crippen molar-refractivity contribution >= 4 is 43.9 Å². The van der Waals surface area contributed by atoms with Crippen LogP contribution in [0.2, 0.25) is 5.15 Å². The molecule has 2 aromatic heterocycles. The molecule has 2 heterocycles. The molecule has 0 radical (unpaired) electrons. The summed E-state index contributed by atoms with van der Waals surface area (Å²) < 4.78 is 27.3. The average Bonchev–Trinajstić information content (AvgIpc) is 2.85. The van der Waals surface area contributed by atoms with E-state index in [2.05, 4.69) is 14.7 Å². The molecular formula is C13H11ClN4O2S. The van der Waals surface area contributed by atoms with Gasteiger partial charge in [-0.3, -0.25) is 4.72 Å². The first-order chi connectivity index (χ1) is 9.95. The number of halogens is 1. The predicted molar refractivity (Wildman–Crippen MR) is 82.8 cm³/mol. The highest BCUT2D eigenvalue weighted by molar-refractivity contribution is 7.93. The minimum atomic E-state index is -3.75. The lowest BCUT2D eigenvalue weighted by Crippen LogP contribution is -2.12. The number of fused-ring (bicyclic) bond motifs is 1. The Morgan fingerprint density at radius 3 is 2.76 bits per heavy atom. The third kappa shape index (κ3) is 2.65. The number of H-pyrrole nitrogens is 1. The van der Waals surface area contributed by atoms with Gasteiger partial charge in [-0.25, -0.2) is 13.4 Å². The van der Waals surface area contributed by atoms with E-state index in [0.717, 1.165) is 0 Å². The maximum atomic E-state index is 12.4. The van der Waals surface area contributed by atoms with Crippen LogP contribution in [0.5, 0.6) is 0 Å². The zero-order chi connectivity index (χ0) is 15.0. The number of sulfonamides is 1. The highest BCUT2D eigenvalue weighted by atomic mass is 35.5. The van der Waals surface area contributed by atoms with Gasteiger partial charge in [-0.05, 0) is 30.3 Å². The Morgan fingerprint density at radius 1 is 1.24 bits per heavy atom. The summed E-state index contributed by atoms with van der Waals surface area (Å²) in [6.45, 7) is 0. The summed E-state index contributed by atoms with van der Waals surface area (Å²) in [5.41, 5.74) is 7.23. The fraction of sp³-hybridized carbons (Fsp3) is 0. The van der Waals surface area contributed by atoms with Crippen LogP contribution >= 0.6 is 11.6 Å². The zero-order valence-electron chi connectivity index (χ0n) is 10.7. The van der Waals surface area contributed by atoms with Crippen molar-refractivity contribution in [3.63, 3.8) is 0 Å². The van der Waals surface area contributed by atoms with Crippen molar-refractivity contribution in [1.29, 1.82) is 0 Å². The van der Waals surface area contributed by atoms with E-state index in [1.807, 2.05) is 0 Å². The molecule has 0 bridgehead atoms. The van der Waals surface area contributed by atoms with E-state index >= 15 is 0 Å². The summed E-state index contributed by atoms with van der Waals surface area (Å²) in [4.78, 5) is 6.86. The molecule has 0 aliphatic carbocycles. The van der Waals surface area contributed by atoms with Gasteiger partial charge in [0.15, 0.2) is 0 Å². The van der Waals surface area contributed by atoms with Gasteiger partial charge in [0.2, 0.25) is 0 Å². The Kier molecular flexibility index (Phi) is 3.23. The van der Waals surface area contributed by atoms with Gasteiger partial charge in [-0.1, -0.05) is 11.6 Å². The molecule has 4 N–H and O–H groups in total. The van der Waals surface area contributed by atoms with Gasteiger partial charge in [0, 0.05) is 22.8 Å². The maximum absolute atomic E-state index is 12.4. The normalized spacial score (nSPS) is 11.7. The van der Waals surface area contributed by atoms with Crippen molar-refractivity contribution in [2.75, 3.05) is 10.5 Å². The van der Waals surface area contributed by atoms with E-state index in [-0.39, 0.29) is 10.0 Å². The molecule has 0 saturated heterocycles. The molecule has 1 aromatic carbocycles. The molecule has 8 heteroatoms. The Morgan fingerprint density at radius 2 is 2.05 bits per heavy atom. The number of aromatic amines is 1. The third-order valence-corrected chi connectivity index (χ3v) is 4.58. The van der Waals surface area contributed by atoms with Crippen molar-refractivity contribution < 1.29 is 8.42 Å². The van der Waals surface area contributed by atoms with Crippen molar-refractivity contribution in [3.05, 3.63) is 47.9 Å². The summed E-state index contributed by atoms with van der Waals surface area (Å²) in [7, 11) is -3.75. The monoisotopic (exact) mass is 322 g/mol. The standard InChI is InChI=1S/C13H11ClN4O2S/c14-13-4-2-9(6-17-13)18-21(19,20)12-7-16-11-3-1-8(15)5-10(11)12/h1-7,16,18H,15H2. The average molecular weight is 323 g/mol. The lowest BCUT2D eigenvalue weighted by molar-refractivity contribution is 0.602. The smallest absolute Gasteiger partial charge is 0.264 e. The van der Waals surface area contributed by atoms with E-state index in [4.69, 9.17) is 17.3 Å². The second-order valence-corrected chi connectivity index (χ2v) is 6.47. The number of benzene rings is 1. The van der Waals surface area contributed by atoms with Crippen LogP contribution < -0.4 is 10.5 Å². The molecule has 21 heavy (non-hydrogen) atoms. The van der Waals surface area contributed by atoms with Crippen molar-refractivity contribution in [2.24, 2.45) is 0 Å². The lowest BCUT2D eigenvalue weighted by atomic mass is 10.2. The van der Waals surface area contributed by atoms with E-state index in [0.29, 0.717) is 22.3 Å². The highest BCUT2D eigenvalue weighted by Gasteiger charge is 2.19. The molecule has 3 aromatic rings. The summed E-state index contributed by atoms with van der Waals surface area (Å²) >= 11 is 5.67. The number of pyridine rings is 1. The Labute approximate surface area is 126 Å². The first-order valence-corrected chi connectivity index (χ1v) is 7.83. The zero-order valence-corrected chi connectivity index (χ0v) is 12.2. The van der Waals surface area contributed by atoms with Gasteiger partial charge in [-0.15, -0.1) is 0 Å². The predicted octanol–water partition coefficient (Wildman–Crippen LogP) is 2.60. The second kappa shape index (κ2) is 4.94. The quantitative estimate of drug-likeness (QED) is 0.509. The summed E-state index contributed by atoms with van der Waals surface area (Å²) in [6, 6.07) is 8.09. The van der Waals surface area contributed by atoms with Crippen LogP contribution in [0.15, 0.2) is 47.6 Å². The molecule has 0 spiro atoms. The molecule has 0 atom stereocenters. The molecule has 0 amide bonds. The van der Waals surface area contributed by atoms with Gasteiger partial charge in [-0.2, -0.15) is 0 Å². The van der Waals surface area contributed by atoms with Crippen LogP contribution in [0, 0.1) is 0 Å². The van der Waals surface area contributed by atoms with E-state index in [1.165, 1.54) is 24.5 Å². The van der Waals surface area contributed by atoms with Crippen molar-refractivity contribution in [2.45, 2.75) is 4.90 Å². The van der Waals surface area contributed by atoms with E-state index < -0.39 is 10.0 Å². The first-order valence-electron chi connectivity index (χ1n) is 5.97. The molecule has 0 aliphatic rings. The summed E-state index contributed by atoms with van der Waals surface area (Å²) in [5, 5.41) is 0.822. The van der Waals surface area contributed by atoms with Gasteiger partial charge < -0.3 is 10.7 Å². The van der Waals surface area contributed by atoms with Gasteiger partial charge >= 0.3 is 0 Å². The third-order valence-electron chi connectivity index (χ3n) is 2.94. The minimum Gasteiger partial charge on any atom is -0.399 e. The number of hydrogen-bond acceptors (Lipinski definition) is 4. The fourth-order valence-corrected chi connectivity index (χ4v) is 3.31. The molecule has 0 aliphatic heterocycles. The van der Waals surface area contributed by atoms with Gasteiger partial charge in [0.1, 0.15) is 10.0 Å². The molecular weight excluding hydrogens is 312 g/mol. The molecule has 6 nitrogen and oxygen atoms in total.